The molecule has 10 nitrogen and oxygen atoms in total. The number of benzene rings is 1. The van der Waals surface area contributed by atoms with Gasteiger partial charge < -0.3 is 19.9 Å². The highest BCUT2D eigenvalue weighted by atomic mass is 16.5. The Bertz CT molecular complexity index is 1360. The number of piperazine rings is 1. The number of carbonyl (C=O) groups excluding carboxylic acids is 3. The molecule has 0 spiro atoms. The van der Waals surface area contributed by atoms with Gasteiger partial charge in [0.05, 0.1) is 29.6 Å². The molecule has 2 fully saturated rings. The molecule has 2 aliphatic heterocycles. The van der Waals surface area contributed by atoms with Crippen LogP contribution in [0.2, 0.25) is 0 Å². The van der Waals surface area contributed by atoms with Crippen LogP contribution in [0, 0.1) is 5.41 Å². The lowest BCUT2D eigenvalue weighted by Crippen LogP contribution is -2.60. The van der Waals surface area contributed by atoms with Gasteiger partial charge in [-0.2, -0.15) is 5.10 Å². The second-order valence-corrected chi connectivity index (χ2v) is 11.4. The Morgan fingerprint density at radius 2 is 1.77 bits per heavy atom. The van der Waals surface area contributed by atoms with Crippen molar-refractivity contribution in [2.24, 2.45) is 5.41 Å². The smallest absolute Gasteiger partial charge is 0.314 e. The standard InChI is InChI=1S/C29H36N6O4/c1-19-17-34(23(20-10-6-5-7-11-20)18-33(19)28(38)29(2,3)4)27(37)26(36)32-22-16-30-14-21-15-31-35(25(21)22)24-12-8-9-13-39-24/h5-7,10-11,14-16,19,23-24H,8-9,12-13,17-18H2,1-4H3,(H,32,36)/t19-,23-,24?/m1/s1. The highest BCUT2D eigenvalue weighted by Crippen LogP contribution is 2.33. The number of ether oxygens (including phenoxy) is 1. The van der Waals surface area contributed by atoms with Crippen molar-refractivity contribution in [1.82, 2.24) is 24.6 Å². The van der Waals surface area contributed by atoms with Gasteiger partial charge in [0.2, 0.25) is 5.91 Å². The molecule has 0 radical (unpaired) electrons. The lowest BCUT2D eigenvalue weighted by Gasteiger charge is -2.46. The predicted octanol–water partition coefficient (Wildman–Crippen LogP) is 3.92. The topological polar surface area (TPSA) is 110 Å². The molecule has 10 heteroatoms. The van der Waals surface area contributed by atoms with E-state index in [1.165, 1.54) is 6.20 Å². The first-order valence-corrected chi connectivity index (χ1v) is 13.6. The molecule has 2 saturated heterocycles. The summed E-state index contributed by atoms with van der Waals surface area (Å²) in [4.78, 5) is 48.0. The zero-order valence-corrected chi connectivity index (χ0v) is 23.0. The van der Waals surface area contributed by atoms with E-state index in [0.29, 0.717) is 24.4 Å². The van der Waals surface area contributed by atoms with Crippen molar-refractivity contribution < 1.29 is 19.1 Å². The van der Waals surface area contributed by atoms with Crippen molar-refractivity contribution in [3.05, 3.63) is 54.5 Å². The molecule has 39 heavy (non-hydrogen) atoms. The van der Waals surface area contributed by atoms with Crippen molar-refractivity contribution in [3.63, 3.8) is 0 Å². The zero-order valence-electron chi connectivity index (χ0n) is 23.0. The van der Waals surface area contributed by atoms with E-state index < -0.39 is 23.3 Å². The monoisotopic (exact) mass is 532 g/mol. The van der Waals surface area contributed by atoms with E-state index in [1.807, 2.05) is 62.9 Å². The molecule has 0 saturated carbocycles. The second-order valence-electron chi connectivity index (χ2n) is 11.4. The van der Waals surface area contributed by atoms with Crippen molar-refractivity contribution >= 4 is 34.3 Å². The fraction of sp³-hybridized carbons (Fsp3) is 0.483. The largest absolute Gasteiger partial charge is 0.356 e. The molecule has 2 aliphatic rings. The molecular weight excluding hydrogens is 496 g/mol. The van der Waals surface area contributed by atoms with Gasteiger partial charge in [0.25, 0.3) is 0 Å². The number of amides is 3. The summed E-state index contributed by atoms with van der Waals surface area (Å²) in [5.74, 6) is -1.40. The molecule has 0 bridgehead atoms. The molecule has 5 rings (SSSR count). The maximum absolute atomic E-state index is 13.7. The Kier molecular flexibility index (Phi) is 7.40. The third kappa shape index (κ3) is 5.38. The Morgan fingerprint density at radius 3 is 2.46 bits per heavy atom. The third-order valence-corrected chi connectivity index (χ3v) is 7.45. The van der Waals surface area contributed by atoms with E-state index in [9.17, 15) is 14.4 Å². The quantitative estimate of drug-likeness (QED) is 0.512. The van der Waals surface area contributed by atoms with Crippen LogP contribution in [0.3, 0.4) is 0 Å². The van der Waals surface area contributed by atoms with Crippen LogP contribution >= 0.6 is 0 Å². The van der Waals surface area contributed by atoms with Crippen LogP contribution in [-0.2, 0) is 19.1 Å². The van der Waals surface area contributed by atoms with Gasteiger partial charge in [0, 0.05) is 42.7 Å². The molecule has 1 N–H and O–H groups in total. The maximum atomic E-state index is 13.7. The van der Waals surface area contributed by atoms with E-state index in [0.717, 1.165) is 30.2 Å². The summed E-state index contributed by atoms with van der Waals surface area (Å²) in [5.41, 5.74) is 1.39. The second kappa shape index (κ2) is 10.8. The summed E-state index contributed by atoms with van der Waals surface area (Å²) in [5, 5.41) is 8.05. The van der Waals surface area contributed by atoms with Gasteiger partial charge >= 0.3 is 11.8 Å². The Balaban J connectivity index is 1.42. The highest BCUT2D eigenvalue weighted by Gasteiger charge is 2.41. The maximum Gasteiger partial charge on any atom is 0.314 e. The van der Waals surface area contributed by atoms with Gasteiger partial charge in [-0.3, -0.25) is 19.4 Å². The number of hydrogen-bond acceptors (Lipinski definition) is 6. The number of rotatable bonds is 3. The average Bonchev–Trinajstić information content (AvgIpc) is 3.38. The van der Waals surface area contributed by atoms with E-state index >= 15 is 0 Å². The molecule has 1 aromatic carbocycles. The molecule has 1 unspecified atom stereocenters. The van der Waals surface area contributed by atoms with E-state index in [2.05, 4.69) is 15.4 Å². The first-order valence-electron chi connectivity index (χ1n) is 13.6. The SMILES string of the molecule is C[C@@H]1CN(C(=O)C(=O)Nc2cncc3cnn(C4CCCCO4)c23)[C@@H](c2ccccc2)CN1C(=O)C(C)(C)C. The van der Waals surface area contributed by atoms with Crippen LogP contribution in [0.25, 0.3) is 10.9 Å². The third-order valence-electron chi connectivity index (χ3n) is 7.45. The van der Waals surface area contributed by atoms with Gasteiger partial charge in [-0.05, 0) is 31.7 Å². The van der Waals surface area contributed by atoms with Crippen LogP contribution in [0.4, 0.5) is 5.69 Å². The molecule has 0 aliphatic carbocycles. The molecule has 4 heterocycles. The minimum absolute atomic E-state index is 0.0171. The van der Waals surface area contributed by atoms with Gasteiger partial charge in [-0.15, -0.1) is 0 Å². The highest BCUT2D eigenvalue weighted by molar-refractivity contribution is 6.40. The summed E-state index contributed by atoms with van der Waals surface area (Å²) in [7, 11) is 0. The van der Waals surface area contributed by atoms with Crippen molar-refractivity contribution in [3.8, 4) is 0 Å². The molecule has 3 amide bonds. The van der Waals surface area contributed by atoms with Gasteiger partial charge in [-0.25, -0.2) is 4.68 Å². The zero-order chi connectivity index (χ0) is 27.7. The van der Waals surface area contributed by atoms with Crippen molar-refractivity contribution in [2.75, 3.05) is 25.0 Å². The minimum atomic E-state index is -0.759. The normalized spacial score (nSPS) is 22.1. The number of carbonyl (C=O) groups is 3. The van der Waals surface area contributed by atoms with Crippen LogP contribution in [-0.4, -0.2) is 68.0 Å². The van der Waals surface area contributed by atoms with Gasteiger partial charge in [0.15, 0.2) is 6.23 Å². The van der Waals surface area contributed by atoms with Crippen LogP contribution in [0.15, 0.2) is 48.9 Å². The van der Waals surface area contributed by atoms with E-state index in [-0.39, 0.29) is 24.7 Å². The number of hydrogen-bond donors (Lipinski definition) is 1. The van der Waals surface area contributed by atoms with Crippen molar-refractivity contribution in [1.29, 1.82) is 0 Å². The molecule has 2 aromatic heterocycles. The Labute approximate surface area is 228 Å². The predicted molar refractivity (Wildman–Crippen MR) is 147 cm³/mol. The number of aromatic nitrogens is 3. The lowest BCUT2D eigenvalue weighted by molar-refractivity contribution is -0.154. The Hall–Kier alpha value is -3.79. The number of nitrogens with one attached hydrogen (secondary N) is 1. The van der Waals surface area contributed by atoms with Crippen molar-refractivity contribution in [2.45, 2.75) is 65.3 Å². The number of pyridine rings is 1. The summed E-state index contributed by atoms with van der Waals surface area (Å²) < 4.78 is 7.69. The van der Waals surface area contributed by atoms with Gasteiger partial charge in [-0.1, -0.05) is 51.1 Å². The molecule has 3 aromatic rings. The first-order chi connectivity index (χ1) is 18.6. The molecule has 3 atom stereocenters. The first kappa shape index (κ1) is 26.8. The van der Waals surface area contributed by atoms with Crippen LogP contribution in [0.1, 0.15) is 64.8 Å². The summed E-state index contributed by atoms with van der Waals surface area (Å²) in [6, 6.07) is 8.83. The van der Waals surface area contributed by atoms with Crippen LogP contribution in [0.5, 0.6) is 0 Å². The summed E-state index contributed by atoms with van der Waals surface area (Å²) >= 11 is 0. The lowest BCUT2D eigenvalue weighted by atomic mass is 9.91. The van der Waals surface area contributed by atoms with E-state index in [1.54, 1.807) is 22.0 Å². The fourth-order valence-electron chi connectivity index (χ4n) is 5.41. The minimum Gasteiger partial charge on any atom is -0.356 e. The number of fused-ring (bicyclic) bond motifs is 1. The molecule has 206 valence electrons. The average molecular weight is 533 g/mol. The summed E-state index contributed by atoms with van der Waals surface area (Å²) in [6.07, 6.45) is 7.52. The van der Waals surface area contributed by atoms with Crippen LogP contribution < -0.4 is 5.32 Å². The van der Waals surface area contributed by atoms with E-state index in [4.69, 9.17) is 4.74 Å². The fourth-order valence-corrected chi connectivity index (χ4v) is 5.41. The number of nitrogens with zero attached hydrogens (tertiary/aromatic N) is 5. The molecular formula is C29H36N6O4. The summed E-state index contributed by atoms with van der Waals surface area (Å²) in [6.45, 7) is 8.79. The number of anilines is 1. The Morgan fingerprint density at radius 1 is 1.00 bits per heavy atom. The van der Waals surface area contributed by atoms with Gasteiger partial charge in [0.1, 0.15) is 0 Å².